The van der Waals surface area contributed by atoms with E-state index in [0.717, 1.165) is 31.7 Å². The van der Waals surface area contributed by atoms with E-state index in [1.807, 2.05) is 4.90 Å². The van der Waals surface area contributed by atoms with Gasteiger partial charge in [-0.3, -0.25) is 4.79 Å². The van der Waals surface area contributed by atoms with E-state index in [9.17, 15) is 9.90 Å². The van der Waals surface area contributed by atoms with Crippen molar-refractivity contribution in [3.05, 3.63) is 0 Å². The molecule has 2 rings (SSSR count). The summed E-state index contributed by atoms with van der Waals surface area (Å²) < 4.78 is 5.69. The molecule has 2 fully saturated rings. The second kappa shape index (κ2) is 8.02. The van der Waals surface area contributed by atoms with E-state index in [1.165, 1.54) is 12.8 Å². The van der Waals surface area contributed by atoms with Crippen LogP contribution < -0.4 is 0 Å². The van der Waals surface area contributed by atoms with Crippen molar-refractivity contribution >= 4 is 17.7 Å². The molecule has 2 aliphatic heterocycles. The van der Waals surface area contributed by atoms with Gasteiger partial charge in [-0.25, -0.2) is 0 Å². The summed E-state index contributed by atoms with van der Waals surface area (Å²) in [6.07, 6.45) is 4.35. The fraction of sp³-hybridized carbons (Fsp3) is 0.941. The van der Waals surface area contributed by atoms with Crippen molar-refractivity contribution in [3.63, 3.8) is 0 Å². The number of nitrogens with zero attached hydrogens (tertiary/aromatic N) is 1. The first kappa shape index (κ1) is 18.1. The lowest BCUT2D eigenvalue weighted by Crippen LogP contribution is -2.50. The van der Waals surface area contributed by atoms with Crippen LogP contribution in [-0.2, 0) is 9.53 Å². The molecule has 1 amide bonds. The molecule has 22 heavy (non-hydrogen) atoms. The Balaban J connectivity index is 1.70. The Morgan fingerprint density at radius 3 is 2.68 bits per heavy atom. The van der Waals surface area contributed by atoms with Gasteiger partial charge >= 0.3 is 0 Å². The highest BCUT2D eigenvalue weighted by Crippen LogP contribution is 2.34. The van der Waals surface area contributed by atoms with E-state index in [0.29, 0.717) is 18.4 Å². The minimum atomic E-state index is -0.399. The molecule has 0 unspecified atom stereocenters. The van der Waals surface area contributed by atoms with Crippen molar-refractivity contribution in [2.45, 2.75) is 58.7 Å². The van der Waals surface area contributed by atoms with Gasteiger partial charge in [0.25, 0.3) is 0 Å². The van der Waals surface area contributed by atoms with Crippen LogP contribution in [0.3, 0.4) is 0 Å². The van der Waals surface area contributed by atoms with Gasteiger partial charge in [-0.2, -0.15) is 0 Å². The van der Waals surface area contributed by atoms with Crippen molar-refractivity contribution in [2.75, 3.05) is 31.2 Å². The van der Waals surface area contributed by atoms with Crippen molar-refractivity contribution in [1.29, 1.82) is 0 Å². The summed E-state index contributed by atoms with van der Waals surface area (Å²) in [5, 5.41) is 10.3. The zero-order valence-corrected chi connectivity index (χ0v) is 15.0. The van der Waals surface area contributed by atoms with Gasteiger partial charge in [-0.15, -0.1) is 11.8 Å². The molecule has 0 aromatic heterocycles. The summed E-state index contributed by atoms with van der Waals surface area (Å²) >= 11 is 1.67. The van der Waals surface area contributed by atoms with Crippen LogP contribution in [0.2, 0.25) is 0 Å². The average Bonchev–Trinajstić information content (AvgIpc) is 2.46. The first-order chi connectivity index (χ1) is 10.4. The highest BCUT2D eigenvalue weighted by molar-refractivity contribution is 7.99. The number of β-amino-alcohol motifs (C(OH)–C–C–N with tert-alkyl or cyclic N) is 1. The molecular weight excluding hydrogens is 298 g/mol. The Hall–Kier alpha value is -0.260. The summed E-state index contributed by atoms with van der Waals surface area (Å²) in [5.41, 5.74) is 0.0988. The molecular formula is C17H31NO3S. The smallest absolute Gasteiger partial charge is 0.232 e. The van der Waals surface area contributed by atoms with Crippen LogP contribution in [0.15, 0.2) is 0 Å². The van der Waals surface area contributed by atoms with Gasteiger partial charge in [-0.1, -0.05) is 20.8 Å². The number of hydrogen-bond donors (Lipinski definition) is 1. The quantitative estimate of drug-likeness (QED) is 0.861. The van der Waals surface area contributed by atoms with Gasteiger partial charge in [0.1, 0.15) is 0 Å². The number of carbonyl (C=O) groups is 1. The standard InChI is InChI=1S/C17H31NO3S/c1-17(2,3)14-7-8-18(10-15(14)19)16(20)12-22-11-13-6-4-5-9-21-13/h13-15,19H,4-12H2,1-3H3/t13-,14-,15+/m1/s1. The number of aliphatic hydroxyl groups excluding tert-OH is 1. The number of thioether (sulfide) groups is 1. The number of hydrogen-bond acceptors (Lipinski definition) is 4. The Bertz CT molecular complexity index is 363. The largest absolute Gasteiger partial charge is 0.391 e. The minimum absolute atomic E-state index is 0.0988. The molecule has 128 valence electrons. The summed E-state index contributed by atoms with van der Waals surface area (Å²) in [6, 6.07) is 0. The van der Waals surface area contributed by atoms with Crippen molar-refractivity contribution in [1.82, 2.24) is 4.90 Å². The summed E-state index contributed by atoms with van der Waals surface area (Å²) in [7, 11) is 0. The molecule has 0 aliphatic carbocycles. The number of aliphatic hydroxyl groups is 1. The maximum Gasteiger partial charge on any atom is 0.232 e. The molecule has 2 heterocycles. The first-order valence-electron chi connectivity index (χ1n) is 8.53. The lowest BCUT2D eigenvalue weighted by molar-refractivity contribution is -0.134. The molecule has 0 spiro atoms. The first-order valence-corrected chi connectivity index (χ1v) is 9.68. The van der Waals surface area contributed by atoms with E-state index in [4.69, 9.17) is 4.74 Å². The number of ether oxygens (including phenoxy) is 1. The zero-order valence-electron chi connectivity index (χ0n) is 14.2. The SMILES string of the molecule is CC(C)(C)[C@@H]1CCN(C(=O)CSC[C@H]2CCCCO2)C[C@@H]1O. The molecule has 0 aromatic rings. The van der Waals surface area contributed by atoms with Gasteiger partial charge in [-0.05, 0) is 37.0 Å². The van der Waals surface area contributed by atoms with E-state index in [2.05, 4.69) is 20.8 Å². The maximum atomic E-state index is 12.3. The predicted molar refractivity (Wildman–Crippen MR) is 91.1 cm³/mol. The molecule has 4 nitrogen and oxygen atoms in total. The third-order valence-corrected chi connectivity index (χ3v) is 5.91. The highest BCUT2D eigenvalue weighted by atomic mass is 32.2. The van der Waals surface area contributed by atoms with Gasteiger partial charge in [0.2, 0.25) is 5.91 Å². The van der Waals surface area contributed by atoms with Gasteiger partial charge in [0.15, 0.2) is 0 Å². The summed E-state index contributed by atoms with van der Waals surface area (Å²) in [4.78, 5) is 14.1. The Morgan fingerprint density at radius 1 is 1.32 bits per heavy atom. The highest BCUT2D eigenvalue weighted by Gasteiger charge is 2.36. The van der Waals surface area contributed by atoms with Crippen molar-refractivity contribution in [3.8, 4) is 0 Å². The van der Waals surface area contributed by atoms with Crippen LogP contribution in [0.4, 0.5) is 0 Å². The second-order valence-corrected chi connectivity index (χ2v) is 8.70. The predicted octanol–water partition coefficient (Wildman–Crippen LogP) is 2.54. The third-order valence-electron chi connectivity index (χ3n) is 4.85. The summed E-state index contributed by atoms with van der Waals surface area (Å²) in [5.74, 6) is 1.85. The molecule has 1 N–H and O–H groups in total. The number of likely N-dealkylation sites (tertiary alicyclic amines) is 1. The van der Waals surface area contributed by atoms with Crippen LogP contribution in [0.25, 0.3) is 0 Å². The molecule has 0 radical (unpaired) electrons. The molecule has 0 bridgehead atoms. The van der Waals surface area contributed by atoms with Crippen molar-refractivity contribution in [2.24, 2.45) is 11.3 Å². The minimum Gasteiger partial charge on any atom is -0.391 e. The Kier molecular flexibility index (Phi) is 6.59. The van der Waals surface area contributed by atoms with Crippen LogP contribution in [0, 0.1) is 11.3 Å². The fourth-order valence-corrected chi connectivity index (χ4v) is 4.48. The summed E-state index contributed by atoms with van der Waals surface area (Å²) in [6.45, 7) is 8.63. The lowest BCUT2D eigenvalue weighted by atomic mass is 9.74. The molecule has 0 aromatic carbocycles. The van der Waals surface area contributed by atoms with Gasteiger partial charge < -0.3 is 14.7 Å². The second-order valence-electron chi connectivity index (χ2n) is 7.67. The molecule has 5 heteroatoms. The fourth-order valence-electron chi connectivity index (χ4n) is 3.48. The van der Waals surface area contributed by atoms with Crippen LogP contribution in [0.1, 0.15) is 46.5 Å². The van der Waals surface area contributed by atoms with Crippen LogP contribution in [0.5, 0.6) is 0 Å². The number of amides is 1. The monoisotopic (exact) mass is 329 g/mol. The van der Waals surface area contributed by atoms with E-state index < -0.39 is 6.10 Å². The number of piperidine rings is 1. The zero-order chi connectivity index (χ0) is 16.2. The Labute approximate surface area is 139 Å². The van der Waals surface area contributed by atoms with E-state index in [-0.39, 0.29) is 17.2 Å². The molecule has 3 atom stereocenters. The van der Waals surface area contributed by atoms with Crippen molar-refractivity contribution < 1.29 is 14.6 Å². The normalized spacial score (nSPS) is 30.4. The molecule has 0 saturated carbocycles. The van der Waals surface area contributed by atoms with Crippen LogP contribution >= 0.6 is 11.8 Å². The Morgan fingerprint density at radius 2 is 2.09 bits per heavy atom. The van der Waals surface area contributed by atoms with Gasteiger partial charge in [0, 0.05) is 25.4 Å². The lowest BCUT2D eigenvalue weighted by Gasteiger charge is -2.42. The molecule has 2 aliphatic rings. The van der Waals surface area contributed by atoms with E-state index >= 15 is 0 Å². The number of rotatable bonds is 4. The van der Waals surface area contributed by atoms with Gasteiger partial charge in [0.05, 0.1) is 18.0 Å². The third kappa shape index (κ3) is 5.14. The maximum absolute atomic E-state index is 12.3. The average molecular weight is 330 g/mol. The topological polar surface area (TPSA) is 49.8 Å². The molecule has 2 saturated heterocycles. The van der Waals surface area contributed by atoms with Crippen LogP contribution in [-0.4, -0.2) is 59.3 Å². The number of carbonyl (C=O) groups excluding carboxylic acids is 1. The van der Waals surface area contributed by atoms with E-state index in [1.54, 1.807) is 11.8 Å².